The molecule has 3 rings (SSSR count). The maximum atomic E-state index is 12.5. The molecule has 7 nitrogen and oxygen atoms in total. The van der Waals surface area contributed by atoms with E-state index in [0.717, 1.165) is 11.3 Å². The van der Waals surface area contributed by atoms with Crippen molar-refractivity contribution < 1.29 is 14.7 Å². The monoisotopic (exact) mass is 328 g/mol. The Bertz CT molecular complexity index is 727. The van der Waals surface area contributed by atoms with E-state index in [1.807, 2.05) is 31.2 Å². The summed E-state index contributed by atoms with van der Waals surface area (Å²) in [5, 5.41) is 13.2. The summed E-state index contributed by atoms with van der Waals surface area (Å²) in [6.45, 7) is 1.94. The van der Waals surface area contributed by atoms with Gasteiger partial charge in [-0.15, -0.1) is 0 Å². The summed E-state index contributed by atoms with van der Waals surface area (Å²) in [6.07, 6.45) is 4.33. The lowest BCUT2D eigenvalue weighted by atomic mass is 9.72. The van der Waals surface area contributed by atoms with Gasteiger partial charge in [0.25, 0.3) is 0 Å². The zero-order chi connectivity index (χ0) is 17.3. The van der Waals surface area contributed by atoms with E-state index in [2.05, 4.69) is 10.1 Å². The summed E-state index contributed by atoms with van der Waals surface area (Å²) in [5.41, 5.74) is 1.88. The lowest BCUT2D eigenvalue weighted by molar-refractivity contribution is -0.156. The predicted octanol–water partition coefficient (Wildman–Crippen LogP) is 1.90. The highest BCUT2D eigenvalue weighted by Crippen LogP contribution is 2.37. The fourth-order valence-electron chi connectivity index (χ4n) is 3.01. The van der Waals surface area contributed by atoms with Crippen LogP contribution in [0.1, 0.15) is 31.4 Å². The average molecular weight is 328 g/mol. The van der Waals surface area contributed by atoms with E-state index in [-0.39, 0.29) is 11.9 Å². The van der Waals surface area contributed by atoms with Crippen LogP contribution in [-0.2, 0) is 9.59 Å². The van der Waals surface area contributed by atoms with Gasteiger partial charge < -0.3 is 10.0 Å². The van der Waals surface area contributed by atoms with Gasteiger partial charge in [0.15, 0.2) is 0 Å². The van der Waals surface area contributed by atoms with E-state index in [0.29, 0.717) is 12.8 Å². The van der Waals surface area contributed by atoms with Crippen molar-refractivity contribution >= 4 is 11.9 Å². The van der Waals surface area contributed by atoms with Crippen molar-refractivity contribution in [2.45, 2.75) is 25.8 Å². The summed E-state index contributed by atoms with van der Waals surface area (Å²) in [5.74, 6) is -1.91. The Morgan fingerprint density at radius 1 is 1.25 bits per heavy atom. The highest BCUT2D eigenvalue weighted by Gasteiger charge is 2.43. The van der Waals surface area contributed by atoms with Crippen LogP contribution in [0.15, 0.2) is 36.9 Å². The lowest BCUT2D eigenvalue weighted by Crippen LogP contribution is -2.45. The van der Waals surface area contributed by atoms with Crippen LogP contribution >= 0.6 is 0 Å². The number of carboxylic acids is 1. The molecule has 1 N–H and O–H groups in total. The Morgan fingerprint density at radius 2 is 1.92 bits per heavy atom. The second-order valence-corrected chi connectivity index (χ2v) is 6.19. The number of aromatic nitrogens is 3. The van der Waals surface area contributed by atoms with Crippen LogP contribution in [0, 0.1) is 11.8 Å². The highest BCUT2D eigenvalue weighted by atomic mass is 16.4. The van der Waals surface area contributed by atoms with Crippen LogP contribution in [-0.4, -0.2) is 43.7 Å². The Hall–Kier alpha value is -2.70. The van der Waals surface area contributed by atoms with Gasteiger partial charge >= 0.3 is 5.97 Å². The minimum absolute atomic E-state index is 0.0958. The first-order chi connectivity index (χ1) is 11.5. The molecule has 0 radical (unpaired) electrons. The Morgan fingerprint density at radius 3 is 2.42 bits per heavy atom. The molecule has 3 atom stereocenters. The number of rotatable bonds is 5. The molecule has 1 heterocycles. The zero-order valence-electron chi connectivity index (χ0n) is 13.7. The molecule has 0 bridgehead atoms. The third-order valence-corrected chi connectivity index (χ3v) is 4.90. The number of carboxylic acid groups (broad SMARTS) is 1. The first kappa shape index (κ1) is 16.2. The standard InChI is InChI=1S/C17H20N4O3/c1-11(20(2)16(22)14-7-8-15(14)17(23)24)12-3-5-13(6-4-12)21-10-18-9-19-21/h3-6,9-11,14-15H,7-8H2,1-2H3,(H,23,24). The van der Waals surface area contributed by atoms with E-state index in [9.17, 15) is 9.59 Å². The molecule has 2 aromatic rings. The van der Waals surface area contributed by atoms with Gasteiger partial charge in [0, 0.05) is 7.05 Å². The molecule has 1 aliphatic rings. The van der Waals surface area contributed by atoms with Gasteiger partial charge in [0.2, 0.25) is 5.91 Å². The van der Waals surface area contributed by atoms with Crippen LogP contribution in [0.25, 0.3) is 5.69 Å². The maximum Gasteiger partial charge on any atom is 0.307 e. The van der Waals surface area contributed by atoms with Crippen LogP contribution in [0.2, 0.25) is 0 Å². The second kappa shape index (κ2) is 6.43. The third-order valence-electron chi connectivity index (χ3n) is 4.90. The molecule has 126 valence electrons. The van der Waals surface area contributed by atoms with Gasteiger partial charge in [-0.2, -0.15) is 5.10 Å². The Labute approximate surface area is 139 Å². The van der Waals surface area contributed by atoms with Crippen LogP contribution in [0.3, 0.4) is 0 Å². The van der Waals surface area contributed by atoms with Crippen LogP contribution in [0.4, 0.5) is 0 Å². The summed E-state index contributed by atoms with van der Waals surface area (Å²) >= 11 is 0. The van der Waals surface area contributed by atoms with E-state index < -0.39 is 17.8 Å². The number of benzene rings is 1. The van der Waals surface area contributed by atoms with Crippen LogP contribution in [0.5, 0.6) is 0 Å². The molecule has 1 aliphatic carbocycles. The van der Waals surface area contributed by atoms with E-state index >= 15 is 0 Å². The number of hydrogen-bond donors (Lipinski definition) is 1. The first-order valence-electron chi connectivity index (χ1n) is 7.93. The molecule has 0 saturated heterocycles. The average Bonchev–Trinajstić information content (AvgIpc) is 3.06. The third kappa shape index (κ3) is 2.89. The van der Waals surface area contributed by atoms with Gasteiger partial charge in [-0.3, -0.25) is 9.59 Å². The second-order valence-electron chi connectivity index (χ2n) is 6.19. The summed E-state index contributed by atoms with van der Waals surface area (Å²) in [6, 6.07) is 7.60. The molecule has 1 saturated carbocycles. The molecule has 1 amide bonds. The number of aliphatic carboxylic acids is 1. The Kier molecular flexibility index (Phi) is 4.33. The number of carbonyl (C=O) groups is 2. The smallest absolute Gasteiger partial charge is 0.307 e. The van der Waals surface area contributed by atoms with E-state index in [1.54, 1.807) is 23.0 Å². The predicted molar refractivity (Wildman–Crippen MR) is 86.4 cm³/mol. The minimum atomic E-state index is -0.877. The number of carbonyl (C=O) groups excluding carboxylic acids is 1. The minimum Gasteiger partial charge on any atom is -0.481 e. The van der Waals surface area contributed by atoms with Crippen molar-refractivity contribution in [2.75, 3.05) is 7.05 Å². The van der Waals surface area contributed by atoms with Crippen molar-refractivity contribution in [1.82, 2.24) is 19.7 Å². The molecule has 1 aromatic heterocycles. The molecule has 0 spiro atoms. The van der Waals surface area contributed by atoms with Crippen molar-refractivity contribution in [2.24, 2.45) is 11.8 Å². The molecule has 1 fully saturated rings. The summed E-state index contributed by atoms with van der Waals surface area (Å²) in [4.78, 5) is 29.2. The normalized spacial score (nSPS) is 20.9. The van der Waals surface area contributed by atoms with Gasteiger partial charge in [0.1, 0.15) is 12.7 Å². The summed E-state index contributed by atoms with van der Waals surface area (Å²) < 4.78 is 1.66. The number of hydrogen-bond acceptors (Lipinski definition) is 4. The Balaban J connectivity index is 1.70. The van der Waals surface area contributed by atoms with Gasteiger partial charge in [-0.05, 0) is 37.5 Å². The van der Waals surface area contributed by atoms with E-state index in [1.165, 1.54) is 6.33 Å². The van der Waals surface area contributed by atoms with E-state index in [4.69, 9.17) is 5.11 Å². The maximum absolute atomic E-state index is 12.5. The molecule has 1 aromatic carbocycles. The van der Waals surface area contributed by atoms with Crippen molar-refractivity contribution in [1.29, 1.82) is 0 Å². The quantitative estimate of drug-likeness (QED) is 0.905. The topological polar surface area (TPSA) is 88.3 Å². The molecular formula is C17H20N4O3. The molecule has 7 heteroatoms. The van der Waals surface area contributed by atoms with Crippen molar-refractivity contribution in [3.05, 3.63) is 42.5 Å². The van der Waals surface area contributed by atoms with Gasteiger partial charge in [0.05, 0.1) is 23.6 Å². The fourth-order valence-corrected chi connectivity index (χ4v) is 3.01. The SMILES string of the molecule is CC(c1ccc(-n2cncn2)cc1)N(C)C(=O)C1CCC1C(=O)O. The van der Waals surface area contributed by atoms with Gasteiger partial charge in [-0.1, -0.05) is 12.1 Å². The molecular weight excluding hydrogens is 308 g/mol. The molecule has 3 unspecified atom stereocenters. The largest absolute Gasteiger partial charge is 0.481 e. The highest BCUT2D eigenvalue weighted by molar-refractivity contribution is 5.86. The lowest BCUT2D eigenvalue weighted by Gasteiger charge is -2.37. The molecule has 24 heavy (non-hydrogen) atoms. The van der Waals surface area contributed by atoms with Crippen molar-refractivity contribution in [3.8, 4) is 5.69 Å². The number of amides is 1. The van der Waals surface area contributed by atoms with Gasteiger partial charge in [-0.25, -0.2) is 9.67 Å². The molecule has 0 aliphatic heterocycles. The zero-order valence-corrected chi connectivity index (χ0v) is 13.7. The number of nitrogens with zero attached hydrogens (tertiary/aromatic N) is 4. The first-order valence-corrected chi connectivity index (χ1v) is 7.93. The van der Waals surface area contributed by atoms with Crippen molar-refractivity contribution in [3.63, 3.8) is 0 Å². The summed E-state index contributed by atoms with van der Waals surface area (Å²) in [7, 11) is 1.73. The van der Waals surface area contributed by atoms with Crippen LogP contribution < -0.4 is 0 Å². The fraction of sp³-hybridized carbons (Fsp3) is 0.412.